The summed E-state index contributed by atoms with van der Waals surface area (Å²) in [5, 5.41) is 4.26. The van der Waals surface area contributed by atoms with E-state index in [1.165, 1.54) is 11.8 Å². The molecular formula is C20H21ClN2O2S. The number of sulfone groups is 1. The zero-order valence-electron chi connectivity index (χ0n) is 14.3. The lowest BCUT2D eigenvalue weighted by Crippen LogP contribution is -2.26. The summed E-state index contributed by atoms with van der Waals surface area (Å²) >= 11 is 0. The lowest BCUT2D eigenvalue weighted by molar-refractivity contribution is 0.462. The SMILES string of the molecule is Cl.O=S(=O)(c1ccccc1)c1cnc2c(C3CCNCC3)cccc2c1. The minimum atomic E-state index is -3.54. The average Bonchev–Trinajstić information content (AvgIpc) is 2.68. The van der Waals surface area contributed by atoms with Crippen molar-refractivity contribution in [1.29, 1.82) is 0 Å². The average molecular weight is 389 g/mol. The topological polar surface area (TPSA) is 59.1 Å². The van der Waals surface area contributed by atoms with Crippen molar-refractivity contribution < 1.29 is 8.42 Å². The van der Waals surface area contributed by atoms with Crippen LogP contribution in [-0.4, -0.2) is 26.5 Å². The summed E-state index contributed by atoms with van der Waals surface area (Å²) in [6, 6.07) is 16.3. The van der Waals surface area contributed by atoms with Gasteiger partial charge < -0.3 is 5.32 Å². The highest BCUT2D eigenvalue weighted by molar-refractivity contribution is 7.91. The molecule has 0 saturated carbocycles. The molecule has 26 heavy (non-hydrogen) atoms. The first kappa shape index (κ1) is 18.8. The summed E-state index contributed by atoms with van der Waals surface area (Å²) in [6.45, 7) is 2.03. The fourth-order valence-corrected chi connectivity index (χ4v) is 4.77. The number of nitrogens with one attached hydrogen (secondary N) is 1. The van der Waals surface area contributed by atoms with Gasteiger partial charge in [0.15, 0.2) is 0 Å². The van der Waals surface area contributed by atoms with Crippen LogP contribution in [0.5, 0.6) is 0 Å². The van der Waals surface area contributed by atoms with Crippen LogP contribution in [0.3, 0.4) is 0 Å². The second-order valence-corrected chi connectivity index (χ2v) is 8.38. The van der Waals surface area contributed by atoms with E-state index in [1.54, 1.807) is 30.3 Å². The Bertz CT molecular complexity index is 1000. The van der Waals surface area contributed by atoms with E-state index >= 15 is 0 Å². The molecule has 0 amide bonds. The normalized spacial score (nSPS) is 15.5. The molecule has 4 nitrogen and oxygen atoms in total. The van der Waals surface area contributed by atoms with Crippen LogP contribution in [0.25, 0.3) is 10.9 Å². The predicted octanol–water partition coefficient (Wildman–Crippen LogP) is 3.96. The molecule has 0 atom stereocenters. The maximum Gasteiger partial charge on any atom is 0.208 e. The summed E-state index contributed by atoms with van der Waals surface area (Å²) in [5.41, 5.74) is 2.14. The fraction of sp³-hybridized carbons (Fsp3) is 0.250. The molecule has 0 bridgehead atoms. The van der Waals surface area contributed by atoms with Crippen LogP contribution in [0, 0.1) is 0 Å². The summed E-state index contributed by atoms with van der Waals surface area (Å²) in [5.74, 6) is 0.481. The number of hydrogen-bond acceptors (Lipinski definition) is 4. The Kier molecular flexibility index (Phi) is 5.61. The van der Waals surface area contributed by atoms with E-state index < -0.39 is 9.84 Å². The van der Waals surface area contributed by atoms with Crippen molar-refractivity contribution in [1.82, 2.24) is 10.3 Å². The second-order valence-electron chi connectivity index (χ2n) is 6.43. The van der Waals surface area contributed by atoms with Gasteiger partial charge in [0, 0.05) is 11.6 Å². The molecule has 1 aromatic heterocycles. The van der Waals surface area contributed by atoms with E-state index in [4.69, 9.17) is 0 Å². The molecule has 1 aliphatic rings. The van der Waals surface area contributed by atoms with Gasteiger partial charge in [0.1, 0.15) is 0 Å². The zero-order chi connectivity index (χ0) is 17.3. The van der Waals surface area contributed by atoms with E-state index in [9.17, 15) is 8.42 Å². The molecule has 1 aliphatic heterocycles. The van der Waals surface area contributed by atoms with Gasteiger partial charge in [0.25, 0.3) is 0 Å². The minimum Gasteiger partial charge on any atom is -0.317 e. The first-order chi connectivity index (χ1) is 12.2. The number of hydrogen-bond donors (Lipinski definition) is 1. The molecule has 1 saturated heterocycles. The highest BCUT2D eigenvalue weighted by atomic mass is 35.5. The van der Waals surface area contributed by atoms with Gasteiger partial charge in [0.2, 0.25) is 9.84 Å². The minimum absolute atomic E-state index is 0. The highest BCUT2D eigenvalue weighted by Crippen LogP contribution is 2.31. The molecule has 0 aliphatic carbocycles. The number of nitrogens with zero attached hydrogens (tertiary/aromatic N) is 1. The Morgan fingerprint density at radius 3 is 2.38 bits per heavy atom. The summed E-state index contributed by atoms with van der Waals surface area (Å²) in [6.07, 6.45) is 3.67. The maximum atomic E-state index is 12.8. The van der Waals surface area contributed by atoms with E-state index in [0.29, 0.717) is 10.8 Å². The van der Waals surface area contributed by atoms with E-state index in [0.717, 1.165) is 36.8 Å². The Morgan fingerprint density at radius 2 is 1.65 bits per heavy atom. The molecule has 2 heterocycles. The van der Waals surface area contributed by atoms with E-state index in [1.807, 2.05) is 18.2 Å². The third-order valence-electron chi connectivity index (χ3n) is 4.86. The number of piperidine rings is 1. The Morgan fingerprint density at radius 1 is 0.923 bits per heavy atom. The Labute approximate surface area is 160 Å². The van der Waals surface area contributed by atoms with Gasteiger partial charge >= 0.3 is 0 Å². The number of rotatable bonds is 3. The van der Waals surface area contributed by atoms with Crippen LogP contribution in [0.2, 0.25) is 0 Å². The number of pyridine rings is 1. The van der Waals surface area contributed by atoms with Crippen molar-refractivity contribution in [2.45, 2.75) is 28.6 Å². The standard InChI is InChI=1S/C20H20N2O2S.ClH/c23-25(24,17-6-2-1-3-7-17)18-13-16-5-4-8-19(20(16)22-14-18)15-9-11-21-12-10-15;/h1-8,13-15,21H,9-12H2;1H. The molecule has 4 rings (SSSR count). The molecule has 136 valence electrons. The molecule has 0 unspecified atom stereocenters. The largest absolute Gasteiger partial charge is 0.317 e. The van der Waals surface area contributed by atoms with Gasteiger partial charge in [0.05, 0.1) is 15.3 Å². The van der Waals surface area contributed by atoms with Crippen LogP contribution in [0.15, 0.2) is 70.6 Å². The number of benzene rings is 2. The maximum absolute atomic E-state index is 12.8. The van der Waals surface area contributed by atoms with Crippen LogP contribution in [0.4, 0.5) is 0 Å². The van der Waals surface area contributed by atoms with Crippen molar-refractivity contribution in [3.63, 3.8) is 0 Å². The van der Waals surface area contributed by atoms with Crippen molar-refractivity contribution >= 4 is 33.1 Å². The van der Waals surface area contributed by atoms with Crippen molar-refractivity contribution in [3.8, 4) is 0 Å². The smallest absolute Gasteiger partial charge is 0.208 e. The summed E-state index contributed by atoms with van der Waals surface area (Å²) in [4.78, 5) is 5.09. The third kappa shape index (κ3) is 3.47. The zero-order valence-corrected chi connectivity index (χ0v) is 15.9. The number of halogens is 1. The first-order valence-corrected chi connectivity index (χ1v) is 10.0. The third-order valence-corrected chi connectivity index (χ3v) is 6.60. The first-order valence-electron chi connectivity index (χ1n) is 8.56. The van der Waals surface area contributed by atoms with Gasteiger partial charge in [-0.2, -0.15) is 0 Å². The van der Waals surface area contributed by atoms with Crippen LogP contribution in [0.1, 0.15) is 24.3 Å². The van der Waals surface area contributed by atoms with E-state index in [2.05, 4.69) is 16.4 Å². The van der Waals surface area contributed by atoms with Crippen LogP contribution < -0.4 is 5.32 Å². The second kappa shape index (κ2) is 7.74. The fourth-order valence-electron chi connectivity index (χ4n) is 3.51. The van der Waals surface area contributed by atoms with Crippen molar-refractivity contribution in [3.05, 3.63) is 66.4 Å². The van der Waals surface area contributed by atoms with Gasteiger partial charge in [-0.3, -0.25) is 4.98 Å². The highest BCUT2D eigenvalue weighted by Gasteiger charge is 2.21. The molecule has 1 N–H and O–H groups in total. The van der Waals surface area contributed by atoms with Crippen LogP contribution >= 0.6 is 12.4 Å². The van der Waals surface area contributed by atoms with Crippen molar-refractivity contribution in [2.75, 3.05) is 13.1 Å². The quantitative estimate of drug-likeness (QED) is 0.737. The van der Waals surface area contributed by atoms with Gasteiger partial charge in [-0.25, -0.2) is 8.42 Å². The van der Waals surface area contributed by atoms with Crippen molar-refractivity contribution in [2.24, 2.45) is 0 Å². The van der Waals surface area contributed by atoms with Gasteiger partial charge in [-0.15, -0.1) is 12.4 Å². The molecule has 0 spiro atoms. The Hall–Kier alpha value is -1.95. The molecular weight excluding hydrogens is 368 g/mol. The van der Waals surface area contributed by atoms with Gasteiger partial charge in [-0.05, 0) is 55.6 Å². The number of fused-ring (bicyclic) bond motifs is 1. The lowest BCUT2D eigenvalue weighted by Gasteiger charge is -2.23. The molecule has 3 aromatic rings. The molecule has 6 heteroatoms. The summed E-state index contributed by atoms with van der Waals surface area (Å²) in [7, 11) is -3.54. The number of aromatic nitrogens is 1. The number of para-hydroxylation sites is 1. The molecule has 2 aromatic carbocycles. The van der Waals surface area contributed by atoms with Gasteiger partial charge in [-0.1, -0.05) is 36.4 Å². The summed E-state index contributed by atoms with van der Waals surface area (Å²) < 4.78 is 25.6. The van der Waals surface area contributed by atoms with Crippen LogP contribution in [-0.2, 0) is 9.84 Å². The molecule has 0 radical (unpaired) electrons. The predicted molar refractivity (Wildman–Crippen MR) is 106 cm³/mol. The Balaban J connectivity index is 0.00000196. The lowest BCUT2D eigenvalue weighted by atomic mass is 9.89. The van der Waals surface area contributed by atoms with E-state index in [-0.39, 0.29) is 17.3 Å². The monoisotopic (exact) mass is 388 g/mol. The molecule has 1 fully saturated rings.